The molecule has 0 aromatic heterocycles. The van der Waals surface area contributed by atoms with E-state index in [-0.39, 0.29) is 11.8 Å². The first-order valence-corrected chi connectivity index (χ1v) is 6.59. The van der Waals surface area contributed by atoms with E-state index in [4.69, 9.17) is 5.73 Å². The lowest BCUT2D eigenvalue weighted by Crippen LogP contribution is -2.60. The first-order chi connectivity index (χ1) is 7.76. The third-order valence-electron chi connectivity index (χ3n) is 3.99. The quantitative estimate of drug-likeness (QED) is 0.799. The number of hydrogen-bond donors (Lipinski definition) is 1. The van der Waals surface area contributed by atoms with Gasteiger partial charge in [0.05, 0.1) is 5.54 Å². The van der Waals surface area contributed by atoms with E-state index in [1.807, 2.05) is 25.7 Å². The van der Waals surface area contributed by atoms with Gasteiger partial charge in [0.25, 0.3) is 0 Å². The summed E-state index contributed by atoms with van der Waals surface area (Å²) in [6, 6.07) is 0.557. The second-order valence-electron chi connectivity index (χ2n) is 5.86. The molecule has 0 aromatic carbocycles. The monoisotopic (exact) mass is 241 g/mol. The molecule has 4 nitrogen and oxygen atoms in total. The van der Waals surface area contributed by atoms with Gasteiger partial charge in [0.1, 0.15) is 0 Å². The second-order valence-corrected chi connectivity index (χ2v) is 5.86. The Morgan fingerprint density at radius 1 is 1.12 bits per heavy atom. The van der Waals surface area contributed by atoms with Gasteiger partial charge in [0, 0.05) is 32.2 Å². The summed E-state index contributed by atoms with van der Waals surface area (Å²) in [5.74, 6) is 0.258. The van der Waals surface area contributed by atoms with E-state index >= 15 is 0 Å². The lowest BCUT2D eigenvalue weighted by molar-refractivity contribution is -0.140. The Balaban J connectivity index is 2.57. The van der Waals surface area contributed by atoms with Crippen molar-refractivity contribution >= 4 is 5.91 Å². The minimum Gasteiger partial charge on any atom is -0.339 e. The third-order valence-corrected chi connectivity index (χ3v) is 3.99. The van der Waals surface area contributed by atoms with Crippen molar-refractivity contribution in [3.8, 4) is 0 Å². The summed E-state index contributed by atoms with van der Waals surface area (Å²) in [6.45, 7) is 13.7. The van der Waals surface area contributed by atoms with Crippen molar-refractivity contribution in [2.24, 2.45) is 11.7 Å². The van der Waals surface area contributed by atoms with Crippen LogP contribution in [0.3, 0.4) is 0 Å². The zero-order chi connectivity index (χ0) is 13.2. The van der Waals surface area contributed by atoms with E-state index < -0.39 is 5.54 Å². The third kappa shape index (κ3) is 3.19. The molecule has 1 aliphatic rings. The highest BCUT2D eigenvalue weighted by Gasteiger charge is 2.36. The van der Waals surface area contributed by atoms with E-state index in [0.29, 0.717) is 6.04 Å². The molecule has 1 fully saturated rings. The van der Waals surface area contributed by atoms with Crippen LogP contribution in [0.15, 0.2) is 0 Å². The first kappa shape index (κ1) is 14.5. The van der Waals surface area contributed by atoms with Gasteiger partial charge in [-0.3, -0.25) is 9.69 Å². The van der Waals surface area contributed by atoms with Crippen LogP contribution in [-0.4, -0.2) is 53.5 Å². The van der Waals surface area contributed by atoms with Gasteiger partial charge < -0.3 is 10.6 Å². The Morgan fingerprint density at radius 2 is 1.59 bits per heavy atom. The molecule has 1 saturated heterocycles. The van der Waals surface area contributed by atoms with E-state index in [2.05, 4.69) is 18.7 Å². The van der Waals surface area contributed by atoms with E-state index in [1.165, 1.54) is 0 Å². The summed E-state index contributed by atoms with van der Waals surface area (Å²) < 4.78 is 0. The van der Waals surface area contributed by atoms with Crippen molar-refractivity contribution in [3.63, 3.8) is 0 Å². The Bertz CT molecular complexity index is 266. The van der Waals surface area contributed by atoms with E-state index in [1.54, 1.807) is 0 Å². The summed E-state index contributed by atoms with van der Waals surface area (Å²) in [6.07, 6.45) is 0. The van der Waals surface area contributed by atoms with Crippen LogP contribution in [0, 0.1) is 5.92 Å². The number of nitrogens with zero attached hydrogens (tertiary/aromatic N) is 2. The standard InChI is InChI=1S/C13H27N3O/c1-10(2)13(5,14)12(17)16-8-6-15(7-9-16)11(3)4/h10-11H,6-9,14H2,1-5H3/t13-/m0/s1. The topological polar surface area (TPSA) is 49.6 Å². The average Bonchev–Trinajstić information content (AvgIpc) is 2.27. The van der Waals surface area contributed by atoms with Gasteiger partial charge in [-0.15, -0.1) is 0 Å². The van der Waals surface area contributed by atoms with Gasteiger partial charge in [-0.05, 0) is 26.7 Å². The SMILES string of the molecule is CC(C)N1CCN(C(=O)[C@@](C)(N)C(C)C)CC1. The number of hydrogen-bond acceptors (Lipinski definition) is 3. The minimum atomic E-state index is -0.736. The number of amides is 1. The van der Waals surface area contributed by atoms with Crippen molar-refractivity contribution in [3.05, 3.63) is 0 Å². The van der Waals surface area contributed by atoms with Gasteiger partial charge in [0.15, 0.2) is 0 Å². The van der Waals surface area contributed by atoms with Crippen molar-refractivity contribution in [1.82, 2.24) is 9.80 Å². The molecular weight excluding hydrogens is 214 g/mol. The molecule has 0 spiro atoms. The maximum absolute atomic E-state index is 12.3. The highest BCUT2D eigenvalue weighted by Crippen LogP contribution is 2.18. The highest BCUT2D eigenvalue weighted by atomic mass is 16.2. The predicted octanol–water partition coefficient (Wildman–Crippen LogP) is 0.912. The summed E-state index contributed by atoms with van der Waals surface area (Å²) in [5, 5.41) is 0. The van der Waals surface area contributed by atoms with Crippen LogP contribution in [0.4, 0.5) is 0 Å². The highest BCUT2D eigenvalue weighted by molar-refractivity contribution is 5.86. The Morgan fingerprint density at radius 3 is 1.94 bits per heavy atom. The van der Waals surface area contributed by atoms with E-state index in [0.717, 1.165) is 26.2 Å². The van der Waals surface area contributed by atoms with Gasteiger partial charge >= 0.3 is 0 Å². The molecule has 0 saturated carbocycles. The summed E-state index contributed by atoms with van der Waals surface area (Å²) in [4.78, 5) is 16.6. The number of nitrogens with two attached hydrogens (primary N) is 1. The Kier molecular flexibility index (Phi) is 4.55. The van der Waals surface area contributed by atoms with Crippen LogP contribution in [-0.2, 0) is 4.79 Å². The summed E-state index contributed by atoms with van der Waals surface area (Å²) in [5.41, 5.74) is 5.39. The van der Waals surface area contributed by atoms with Crippen LogP contribution in [0.2, 0.25) is 0 Å². The van der Waals surface area contributed by atoms with Crippen molar-refractivity contribution in [2.75, 3.05) is 26.2 Å². The molecule has 1 heterocycles. The molecule has 1 atom stereocenters. The molecule has 0 radical (unpaired) electrons. The maximum atomic E-state index is 12.3. The smallest absolute Gasteiger partial charge is 0.242 e. The fourth-order valence-electron chi connectivity index (χ4n) is 2.03. The van der Waals surface area contributed by atoms with Crippen LogP contribution < -0.4 is 5.73 Å². The maximum Gasteiger partial charge on any atom is 0.242 e. The lowest BCUT2D eigenvalue weighted by atomic mass is 9.88. The number of carbonyl (C=O) groups excluding carboxylic acids is 1. The molecule has 1 rings (SSSR count). The molecule has 0 bridgehead atoms. The number of piperazine rings is 1. The molecule has 4 heteroatoms. The molecule has 0 aliphatic carbocycles. The Hall–Kier alpha value is -0.610. The molecule has 1 aliphatic heterocycles. The molecular formula is C13H27N3O. The fourth-order valence-corrected chi connectivity index (χ4v) is 2.03. The van der Waals surface area contributed by atoms with Gasteiger partial charge in [-0.1, -0.05) is 13.8 Å². The molecule has 1 amide bonds. The normalized spacial score (nSPS) is 22.0. The predicted molar refractivity (Wildman–Crippen MR) is 70.7 cm³/mol. The van der Waals surface area contributed by atoms with Crippen LogP contribution >= 0.6 is 0 Å². The Labute approximate surface area is 105 Å². The zero-order valence-electron chi connectivity index (χ0n) is 11.9. The van der Waals surface area contributed by atoms with E-state index in [9.17, 15) is 4.79 Å². The van der Waals surface area contributed by atoms with Crippen LogP contribution in [0.5, 0.6) is 0 Å². The van der Waals surface area contributed by atoms with Crippen LogP contribution in [0.25, 0.3) is 0 Å². The van der Waals surface area contributed by atoms with Gasteiger partial charge in [-0.25, -0.2) is 0 Å². The average molecular weight is 241 g/mol. The summed E-state index contributed by atoms with van der Waals surface area (Å²) in [7, 11) is 0. The fraction of sp³-hybridized carbons (Fsp3) is 0.923. The molecule has 17 heavy (non-hydrogen) atoms. The van der Waals surface area contributed by atoms with Crippen molar-refractivity contribution < 1.29 is 4.79 Å². The second kappa shape index (κ2) is 5.36. The van der Waals surface area contributed by atoms with Crippen molar-refractivity contribution in [1.29, 1.82) is 0 Å². The van der Waals surface area contributed by atoms with Gasteiger partial charge in [0.2, 0.25) is 5.91 Å². The molecule has 0 aromatic rings. The number of carbonyl (C=O) groups is 1. The van der Waals surface area contributed by atoms with Crippen LogP contribution in [0.1, 0.15) is 34.6 Å². The minimum absolute atomic E-state index is 0.0934. The molecule has 0 unspecified atom stereocenters. The largest absolute Gasteiger partial charge is 0.339 e. The van der Waals surface area contributed by atoms with Crippen molar-refractivity contribution in [2.45, 2.75) is 46.2 Å². The van der Waals surface area contributed by atoms with Gasteiger partial charge in [-0.2, -0.15) is 0 Å². The summed E-state index contributed by atoms with van der Waals surface area (Å²) >= 11 is 0. The lowest BCUT2D eigenvalue weighted by Gasteiger charge is -2.41. The molecule has 100 valence electrons. The number of rotatable bonds is 3. The first-order valence-electron chi connectivity index (χ1n) is 6.59. The zero-order valence-corrected chi connectivity index (χ0v) is 11.9. The molecule has 2 N–H and O–H groups in total.